The number of esters is 1. The van der Waals surface area contributed by atoms with E-state index < -0.39 is 5.97 Å². The van der Waals surface area contributed by atoms with Crippen LogP contribution in [0, 0.1) is 6.92 Å². The number of carbonyl (C=O) groups is 2. The molecule has 1 aliphatic carbocycles. The number of aryl methyl sites for hydroxylation is 1. The van der Waals surface area contributed by atoms with Crippen LogP contribution < -0.4 is 0 Å². The Hall–Kier alpha value is -2.88. The lowest BCUT2D eigenvalue weighted by molar-refractivity contribution is 0.0603. The van der Waals surface area contributed by atoms with Crippen molar-refractivity contribution >= 4 is 22.7 Å². The molecule has 1 unspecified atom stereocenters. The highest BCUT2D eigenvalue weighted by atomic mass is 16.5. The molecule has 4 rings (SSSR count). The van der Waals surface area contributed by atoms with Gasteiger partial charge in [0.1, 0.15) is 0 Å². The first-order valence-corrected chi connectivity index (χ1v) is 8.90. The minimum absolute atomic E-state index is 0.100. The highest BCUT2D eigenvalue weighted by Crippen LogP contribution is 2.39. The summed E-state index contributed by atoms with van der Waals surface area (Å²) < 4.78 is 4.91. The lowest BCUT2D eigenvalue weighted by Crippen LogP contribution is -2.17. The highest BCUT2D eigenvalue weighted by molar-refractivity contribution is 6.16. The van der Waals surface area contributed by atoms with Crippen LogP contribution in [0.3, 0.4) is 0 Å². The molecule has 0 amide bonds. The third kappa shape index (κ3) is 2.71. The highest BCUT2D eigenvalue weighted by Gasteiger charge is 2.31. The number of aromatic nitrogens is 1. The van der Waals surface area contributed by atoms with E-state index in [9.17, 15) is 9.59 Å². The van der Waals surface area contributed by atoms with Gasteiger partial charge >= 0.3 is 5.97 Å². The number of rotatable bonds is 3. The van der Waals surface area contributed by atoms with Gasteiger partial charge in [-0.2, -0.15) is 0 Å². The Balaban J connectivity index is 1.84. The Bertz CT molecular complexity index is 1020. The molecule has 3 aromatic rings. The van der Waals surface area contributed by atoms with Crippen molar-refractivity contribution in [2.75, 3.05) is 7.11 Å². The van der Waals surface area contributed by atoms with Crippen LogP contribution in [0.2, 0.25) is 0 Å². The topological polar surface area (TPSA) is 59.2 Å². The summed E-state index contributed by atoms with van der Waals surface area (Å²) in [6.07, 6.45) is 2.20. The first-order valence-electron chi connectivity index (χ1n) is 8.90. The van der Waals surface area contributed by atoms with Crippen LogP contribution in [-0.2, 0) is 11.2 Å². The van der Waals surface area contributed by atoms with Crippen LogP contribution in [0.4, 0.5) is 0 Å². The molecule has 1 aromatic heterocycles. The van der Waals surface area contributed by atoms with Crippen LogP contribution in [-0.4, -0.2) is 23.8 Å². The van der Waals surface area contributed by atoms with Crippen molar-refractivity contribution in [3.63, 3.8) is 0 Å². The largest absolute Gasteiger partial charge is 0.465 e. The molecule has 0 bridgehead atoms. The smallest absolute Gasteiger partial charge is 0.338 e. The minimum atomic E-state index is -0.411. The summed E-state index contributed by atoms with van der Waals surface area (Å²) in [6.45, 7) is 2.09. The molecule has 0 saturated carbocycles. The fraction of sp³-hybridized carbons (Fsp3) is 0.273. The lowest BCUT2D eigenvalue weighted by Gasteiger charge is -2.22. The van der Waals surface area contributed by atoms with E-state index in [0.29, 0.717) is 22.9 Å². The Labute approximate surface area is 152 Å². The maximum Gasteiger partial charge on any atom is 0.338 e. The number of hydrogen-bond donors (Lipinski definition) is 1. The molecule has 0 spiro atoms. The van der Waals surface area contributed by atoms with E-state index in [0.717, 1.165) is 24.1 Å². The maximum atomic E-state index is 12.7. The van der Waals surface area contributed by atoms with Gasteiger partial charge in [-0.3, -0.25) is 4.79 Å². The van der Waals surface area contributed by atoms with E-state index in [4.69, 9.17) is 4.74 Å². The molecule has 2 aromatic carbocycles. The second kappa shape index (κ2) is 6.45. The van der Waals surface area contributed by atoms with Crippen LogP contribution >= 0.6 is 0 Å². The molecule has 26 heavy (non-hydrogen) atoms. The second-order valence-electron chi connectivity index (χ2n) is 6.99. The average Bonchev–Trinajstić information content (AvgIpc) is 3.04. The summed E-state index contributed by atoms with van der Waals surface area (Å²) in [4.78, 5) is 28.3. The Kier molecular flexibility index (Phi) is 4.11. The van der Waals surface area contributed by atoms with Crippen molar-refractivity contribution in [3.8, 4) is 0 Å². The number of aromatic amines is 1. The van der Waals surface area contributed by atoms with E-state index in [1.54, 1.807) is 6.07 Å². The van der Waals surface area contributed by atoms with Gasteiger partial charge in [-0.15, -0.1) is 0 Å². The van der Waals surface area contributed by atoms with Gasteiger partial charge in [-0.05, 0) is 37.5 Å². The number of Topliss-reactive ketones (excluding diaryl/α,β-unsaturated/α-hetero) is 1. The second-order valence-corrected chi connectivity index (χ2v) is 6.99. The third-order valence-corrected chi connectivity index (χ3v) is 5.23. The molecular formula is C22H21NO3. The number of carbonyl (C=O) groups excluding carboxylic acids is 2. The Morgan fingerprint density at radius 1 is 1.23 bits per heavy atom. The van der Waals surface area contributed by atoms with Crippen molar-refractivity contribution in [2.45, 2.75) is 32.1 Å². The van der Waals surface area contributed by atoms with Crippen molar-refractivity contribution < 1.29 is 14.3 Å². The first kappa shape index (κ1) is 16.6. The number of benzene rings is 2. The zero-order chi connectivity index (χ0) is 18.3. The van der Waals surface area contributed by atoms with Crippen molar-refractivity contribution in [1.29, 1.82) is 0 Å². The minimum Gasteiger partial charge on any atom is -0.465 e. The standard InChI is InChI=1S/C22H21NO3/c1-13-5-3-6-14(11-13)12-15-9-10-18(24)20-19-16(22(25)26-2)7-4-8-17(19)23-21(15)20/h3-8,11,15,23H,9-10,12H2,1-2H3. The van der Waals surface area contributed by atoms with Crippen LogP contribution in [0.15, 0.2) is 42.5 Å². The van der Waals surface area contributed by atoms with E-state index in [-0.39, 0.29) is 11.7 Å². The van der Waals surface area contributed by atoms with Crippen LogP contribution in [0.25, 0.3) is 10.9 Å². The normalized spacial score (nSPS) is 16.5. The summed E-state index contributed by atoms with van der Waals surface area (Å²) in [6, 6.07) is 13.9. The predicted octanol–water partition coefficient (Wildman–Crippen LogP) is 4.57. The SMILES string of the molecule is COC(=O)c1cccc2[nH]c3c(c12)C(=O)CCC3Cc1cccc(C)c1. The maximum absolute atomic E-state index is 12.7. The predicted molar refractivity (Wildman–Crippen MR) is 101 cm³/mol. The summed E-state index contributed by atoms with van der Waals surface area (Å²) in [5.74, 6) is -0.0727. The summed E-state index contributed by atoms with van der Waals surface area (Å²) in [7, 11) is 1.36. The fourth-order valence-corrected chi connectivity index (χ4v) is 4.05. The fourth-order valence-electron chi connectivity index (χ4n) is 4.05. The molecule has 0 aliphatic heterocycles. The summed E-state index contributed by atoms with van der Waals surface area (Å²) in [5.41, 5.74) is 5.40. The quantitative estimate of drug-likeness (QED) is 0.706. The zero-order valence-electron chi connectivity index (χ0n) is 15.0. The van der Waals surface area contributed by atoms with Crippen LogP contribution in [0.5, 0.6) is 0 Å². The summed E-state index contributed by atoms with van der Waals surface area (Å²) >= 11 is 0. The van der Waals surface area contributed by atoms with Gasteiger partial charge < -0.3 is 9.72 Å². The molecule has 1 atom stereocenters. The molecule has 0 radical (unpaired) electrons. The van der Waals surface area contributed by atoms with Gasteiger partial charge in [0.2, 0.25) is 0 Å². The molecule has 0 fully saturated rings. The number of hydrogen-bond acceptors (Lipinski definition) is 3. The number of fused-ring (bicyclic) bond motifs is 3. The average molecular weight is 347 g/mol. The Morgan fingerprint density at radius 2 is 2.04 bits per heavy atom. The number of methoxy groups -OCH3 is 1. The number of ketones is 1. The molecule has 1 aliphatic rings. The van der Waals surface area contributed by atoms with E-state index >= 15 is 0 Å². The molecule has 1 heterocycles. The molecule has 132 valence electrons. The van der Waals surface area contributed by atoms with Gasteiger partial charge in [0, 0.05) is 34.5 Å². The van der Waals surface area contributed by atoms with E-state index in [1.807, 2.05) is 12.1 Å². The van der Waals surface area contributed by atoms with Gasteiger partial charge in [-0.1, -0.05) is 35.9 Å². The number of ether oxygens (including phenoxy) is 1. The Morgan fingerprint density at radius 3 is 2.81 bits per heavy atom. The van der Waals surface area contributed by atoms with Gasteiger partial charge in [0.15, 0.2) is 5.78 Å². The zero-order valence-corrected chi connectivity index (χ0v) is 15.0. The molecular weight excluding hydrogens is 326 g/mol. The van der Waals surface area contributed by atoms with Crippen molar-refractivity contribution in [1.82, 2.24) is 4.98 Å². The monoisotopic (exact) mass is 347 g/mol. The molecule has 1 N–H and O–H groups in total. The van der Waals surface area contributed by atoms with Crippen molar-refractivity contribution in [3.05, 3.63) is 70.4 Å². The van der Waals surface area contributed by atoms with Gasteiger partial charge in [0.25, 0.3) is 0 Å². The first-order chi connectivity index (χ1) is 12.6. The molecule has 4 nitrogen and oxygen atoms in total. The summed E-state index contributed by atoms with van der Waals surface area (Å²) in [5, 5.41) is 0.702. The number of nitrogens with one attached hydrogen (secondary N) is 1. The molecule has 4 heteroatoms. The third-order valence-electron chi connectivity index (χ3n) is 5.23. The lowest BCUT2D eigenvalue weighted by atomic mass is 9.82. The van der Waals surface area contributed by atoms with Crippen molar-refractivity contribution in [2.24, 2.45) is 0 Å². The van der Waals surface area contributed by atoms with Gasteiger partial charge in [0.05, 0.1) is 12.7 Å². The van der Waals surface area contributed by atoms with Crippen LogP contribution in [0.1, 0.15) is 56.3 Å². The number of H-pyrrole nitrogens is 1. The van der Waals surface area contributed by atoms with Gasteiger partial charge in [-0.25, -0.2) is 4.79 Å². The van der Waals surface area contributed by atoms with E-state index in [1.165, 1.54) is 18.2 Å². The van der Waals surface area contributed by atoms with E-state index in [2.05, 4.69) is 36.2 Å². The molecule has 0 saturated heterocycles.